The molecule has 2 rings (SSSR count). The van der Waals surface area contributed by atoms with Crippen molar-refractivity contribution in [3.63, 3.8) is 0 Å². The molecule has 0 spiro atoms. The van der Waals surface area contributed by atoms with E-state index in [1.807, 2.05) is 13.8 Å². The topological polar surface area (TPSA) is 31.2 Å². The van der Waals surface area contributed by atoms with E-state index in [2.05, 4.69) is 0 Å². The Bertz CT molecular complexity index is 687. The number of nitrogens with zero attached hydrogens (tertiary/aromatic N) is 1. The van der Waals surface area contributed by atoms with Gasteiger partial charge in [-0.1, -0.05) is 12.1 Å². The van der Waals surface area contributed by atoms with Crippen molar-refractivity contribution in [1.82, 2.24) is 4.57 Å². The normalized spacial score (nSPS) is 11.8. The van der Waals surface area contributed by atoms with Crippen LogP contribution in [0.4, 0.5) is 13.2 Å². The van der Waals surface area contributed by atoms with Crippen LogP contribution in [0.25, 0.3) is 11.1 Å². The predicted octanol–water partition coefficient (Wildman–Crippen LogP) is 4.54. The highest BCUT2D eigenvalue weighted by molar-refractivity contribution is 5.90. The van der Waals surface area contributed by atoms with Crippen LogP contribution in [-0.2, 0) is 10.9 Å². The molecule has 0 aliphatic carbocycles. The fraction of sp³-hybridized carbons (Fsp3) is 0.312. The van der Waals surface area contributed by atoms with Gasteiger partial charge in [0.1, 0.15) is 5.69 Å². The fourth-order valence-corrected chi connectivity index (χ4v) is 2.21. The van der Waals surface area contributed by atoms with E-state index >= 15 is 0 Å². The fourth-order valence-electron chi connectivity index (χ4n) is 2.21. The smallest absolute Gasteiger partial charge is 0.416 e. The Kier molecular flexibility index (Phi) is 4.30. The minimum atomic E-state index is -4.40. The van der Waals surface area contributed by atoms with Gasteiger partial charge in [0.15, 0.2) is 0 Å². The third kappa shape index (κ3) is 3.16. The van der Waals surface area contributed by atoms with Gasteiger partial charge >= 0.3 is 12.1 Å². The molecule has 0 saturated heterocycles. The molecule has 1 heterocycles. The molecule has 2 aromatic rings. The molecule has 22 heavy (non-hydrogen) atoms. The lowest BCUT2D eigenvalue weighted by molar-refractivity contribution is -0.137. The van der Waals surface area contributed by atoms with Crippen LogP contribution in [0, 0.1) is 0 Å². The summed E-state index contributed by atoms with van der Waals surface area (Å²) in [6.45, 7) is 3.75. The van der Waals surface area contributed by atoms with Gasteiger partial charge < -0.3 is 9.30 Å². The maximum absolute atomic E-state index is 12.8. The van der Waals surface area contributed by atoms with Gasteiger partial charge in [0, 0.05) is 17.8 Å². The molecule has 0 N–H and O–H groups in total. The summed E-state index contributed by atoms with van der Waals surface area (Å²) >= 11 is 0. The van der Waals surface area contributed by atoms with Crippen LogP contribution >= 0.6 is 0 Å². The Morgan fingerprint density at radius 1 is 1.18 bits per heavy atom. The molecule has 0 fully saturated rings. The molecule has 0 amide bonds. The number of aromatic nitrogens is 1. The number of halogens is 3. The zero-order valence-electron chi connectivity index (χ0n) is 12.4. The standard InChI is InChI=1S/C16H16F3NO2/c1-10(2)20-9-12(8-14(20)15(21)22-3)11-5-4-6-13(7-11)16(17,18)19/h4-10H,1-3H3. The first-order valence-electron chi connectivity index (χ1n) is 6.72. The minimum Gasteiger partial charge on any atom is -0.464 e. The van der Waals surface area contributed by atoms with Crippen molar-refractivity contribution < 1.29 is 22.7 Å². The highest BCUT2D eigenvalue weighted by Crippen LogP contribution is 2.33. The van der Waals surface area contributed by atoms with Crippen molar-refractivity contribution in [2.24, 2.45) is 0 Å². The van der Waals surface area contributed by atoms with Crippen molar-refractivity contribution in [3.8, 4) is 11.1 Å². The predicted molar refractivity (Wildman–Crippen MR) is 76.6 cm³/mol. The second kappa shape index (κ2) is 5.87. The van der Waals surface area contributed by atoms with Crippen LogP contribution in [0.5, 0.6) is 0 Å². The van der Waals surface area contributed by atoms with Crippen LogP contribution < -0.4 is 0 Å². The number of esters is 1. The van der Waals surface area contributed by atoms with E-state index < -0.39 is 17.7 Å². The molecule has 118 valence electrons. The Labute approximate surface area is 126 Å². The van der Waals surface area contributed by atoms with Gasteiger partial charge in [0.25, 0.3) is 0 Å². The summed E-state index contributed by atoms with van der Waals surface area (Å²) in [5, 5.41) is 0. The molecule has 6 heteroatoms. The zero-order chi connectivity index (χ0) is 16.5. The molecule has 0 aliphatic heterocycles. The molecule has 0 bridgehead atoms. The third-order valence-corrected chi connectivity index (χ3v) is 3.32. The van der Waals surface area contributed by atoms with Crippen LogP contribution in [0.2, 0.25) is 0 Å². The summed E-state index contributed by atoms with van der Waals surface area (Å²) in [5.41, 5.74) is 0.534. The molecule has 3 nitrogen and oxygen atoms in total. The van der Waals surface area contributed by atoms with Crippen molar-refractivity contribution in [1.29, 1.82) is 0 Å². The quantitative estimate of drug-likeness (QED) is 0.779. The molecule has 0 unspecified atom stereocenters. The summed E-state index contributed by atoms with van der Waals surface area (Å²) in [7, 11) is 1.27. The zero-order valence-corrected chi connectivity index (χ0v) is 12.4. The number of hydrogen-bond donors (Lipinski definition) is 0. The molecule has 0 atom stereocenters. The minimum absolute atomic E-state index is 0.0198. The second-order valence-electron chi connectivity index (χ2n) is 5.19. The maximum atomic E-state index is 12.8. The first-order valence-corrected chi connectivity index (χ1v) is 6.72. The number of benzene rings is 1. The summed E-state index contributed by atoms with van der Waals surface area (Å²) in [5.74, 6) is -0.521. The van der Waals surface area contributed by atoms with Crippen LogP contribution in [0.15, 0.2) is 36.5 Å². The van der Waals surface area contributed by atoms with Gasteiger partial charge in [-0.25, -0.2) is 4.79 Å². The number of carbonyl (C=O) groups is 1. The summed E-state index contributed by atoms with van der Waals surface area (Å²) in [4.78, 5) is 11.8. The Morgan fingerprint density at radius 2 is 1.86 bits per heavy atom. The monoisotopic (exact) mass is 311 g/mol. The second-order valence-corrected chi connectivity index (χ2v) is 5.19. The molecule has 0 saturated carbocycles. The van der Waals surface area contributed by atoms with E-state index in [-0.39, 0.29) is 6.04 Å². The lowest BCUT2D eigenvalue weighted by Crippen LogP contribution is -2.11. The largest absolute Gasteiger partial charge is 0.464 e. The van der Waals surface area contributed by atoms with Crippen LogP contribution in [0.3, 0.4) is 0 Å². The SMILES string of the molecule is COC(=O)c1cc(-c2cccc(C(F)(F)F)c2)cn1C(C)C. The van der Waals surface area contributed by atoms with Crippen molar-refractivity contribution in [2.75, 3.05) is 7.11 Å². The average molecular weight is 311 g/mol. The van der Waals surface area contributed by atoms with Gasteiger partial charge in [-0.2, -0.15) is 13.2 Å². The maximum Gasteiger partial charge on any atom is 0.416 e. The number of methoxy groups -OCH3 is 1. The first kappa shape index (κ1) is 16.1. The number of ether oxygens (including phenoxy) is 1. The van der Waals surface area contributed by atoms with E-state index in [9.17, 15) is 18.0 Å². The Hall–Kier alpha value is -2.24. The van der Waals surface area contributed by atoms with Crippen molar-refractivity contribution in [3.05, 3.63) is 47.8 Å². The van der Waals surface area contributed by atoms with E-state index in [1.54, 1.807) is 22.9 Å². The molecular formula is C16H16F3NO2. The molecule has 0 aliphatic rings. The lowest BCUT2D eigenvalue weighted by atomic mass is 10.1. The summed E-state index contributed by atoms with van der Waals surface area (Å²) in [6.07, 6.45) is -2.74. The van der Waals surface area contributed by atoms with Gasteiger partial charge in [0.2, 0.25) is 0 Å². The van der Waals surface area contributed by atoms with Gasteiger partial charge in [-0.15, -0.1) is 0 Å². The van der Waals surface area contributed by atoms with E-state index in [0.717, 1.165) is 12.1 Å². The molecule has 1 aromatic carbocycles. The first-order chi connectivity index (χ1) is 10.2. The lowest BCUT2D eigenvalue weighted by Gasteiger charge is -2.10. The van der Waals surface area contributed by atoms with Gasteiger partial charge in [-0.3, -0.25) is 0 Å². The summed E-state index contributed by atoms with van der Waals surface area (Å²) < 4.78 is 44.8. The number of carbonyl (C=O) groups excluding carboxylic acids is 1. The number of alkyl halides is 3. The van der Waals surface area contributed by atoms with Crippen LogP contribution in [0.1, 0.15) is 35.9 Å². The van der Waals surface area contributed by atoms with Gasteiger partial charge in [0.05, 0.1) is 12.7 Å². The van der Waals surface area contributed by atoms with E-state index in [4.69, 9.17) is 4.74 Å². The molecule has 0 radical (unpaired) electrons. The van der Waals surface area contributed by atoms with Crippen LogP contribution in [-0.4, -0.2) is 17.6 Å². The van der Waals surface area contributed by atoms with E-state index in [1.165, 1.54) is 13.2 Å². The highest BCUT2D eigenvalue weighted by Gasteiger charge is 2.30. The van der Waals surface area contributed by atoms with E-state index in [0.29, 0.717) is 16.8 Å². The van der Waals surface area contributed by atoms with Gasteiger partial charge in [-0.05, 0) is 37.6 Å². The van der Waals surface area contributed by atoms with Crippen molar-refractivity contribution >= 4 is 5.97 Å². The highest BCUT2D eigenvalue weighted by atomic mass is 19.4. The molecular weight excluding hydrogens is 295 g/mol. The van der Waals surface area contributed by atoms with Crippen molar-refractivity contribution in [2.45, 2.75) is 26.1 Å². The Balaban J connectivity index is 2.52. The summed E-state index contributed by atoms with van der Waals surface area (Å²) in [6, 6.07) is 6.54. The number of hydrogen-bond acceptors (Lipinski definition) is 2. The number of rotatable bonds is 3. The third-order valence-electron chi connectivity index (χ3n) is 3.32. The Morgan fingerprint density at radius 3 is 2.41 bits per heavy atom. The molecule has 1 aromatic heterocycles. The average Bonchev–Trinajstić information content (AvgIpc) is 2.91.